The van der Waals surface area contributed by atoms with Gasteiger partial charge in [0, 0.05) is 10.3 Å². The van der Waals surface area contributed by atoms with Gasteiger partial charge in [0.2, 0.25) is 0 Å². The van der Waals surface area contributed by atoms with Crippen LogP contribution in [0.4, 0.5) is 0 Å². The molecule has 1 aliphatic rings. The van der Waals surface area contributed by atoms with E-state index < -0.39 is 0 Å². The van der Waals surface area contributed by atoms with Gasteiger partial charge in [0.25, 0.3) is 0 Å². The third-order valence-electron chi connectivity index (χ3n) is 2.97. The van der Waals surface area contributed by atoms with Crippen LogP contribution in [0.2, 0.25) is 0 Å². The summed E-state index contributed by atoms with van der Waals surface area (Å²) in [4.78, 5) is 12.9. The lowest BCUT2D eigenvalue weighted by atomic mass is 9.79. The van der Waals surface area contributed by atoms with Crippen LogP contribution in [0.15, 0.2) is 17.5 Å². The molecule has 0 saturated carbocycles. The summed E-state index contributed by atoms with van der Waals surface area (Å²) >= 11 is 1.61. The molecule has 0 aromatic carbocycles. The second kappa shape index (κ2) is 4.55. The molecular weight excluding hydrogens is 224 g/mol. The van der Waals surface area contributed by atoms with E-state index >= 15 is 0 Å². The highest BCUT2D eigenvalue weighted by Crippen LogP contribution is 2.39. The molecule has 1 aromatic rings. The third kappa shape index (κ3) is 2.28. The molecule has 1 fully saturated rings. The van der Waals surface area contributed by atoms with Gasteiger partial charge in [-0.2, -0.15) is 0 Å². The molecule has 1 aromatic heterocycles. The fraction of sp³-hybridized carbons (Fsp3) is 0.583. The molecule has 1 aliphatic heterocycles. The quantitative estimate of drug-likeness (QED) is 0.758. The van der Waals surface area contributed by atoms with Crippen LogP contribution in [0, 0.1) is 5.41 Å². The Labute approximate surface area is 99.4 Å². The van der Waals surface area contributed by atoms with Crippen LogP contribution in [0.1, 0.15) is 24.1 Å². The monoisotopic (exact) mass is 240 g/mol. The van der Waals surface area contributed by atoms with Crippen molar-refractivity contribution >= 4 is 17.3 Å². The van der Waals surface area contributed by atoms with Crippen molar-refractivity contribution in [1.29, 1.82) is 0 Å². The van der Waals surface area contributed by atoms with Crippen molar-refractivity contribution in [3.05, 3.63) is 22.4 Å². The second-order valence-electron chi connectivity index (χ2n) is 4.60. The predicted molar refractivity (Wildman–Crippen MR) is 62.6 cm³/mol. The molecule has 0 spiro atoms. The van der Waals surface area contributed by atoms with Crippen molar-refractivity contribution in [2.75, 3.05) is 20.3 Å². The van der Waals surface area contributed by atoms with E-state index in [1.54, 1.807) is 11.3 Å². The Bertz CT molecular complexity index is 354. The number of methoxy groups -OCH3 is 1. The SMILES string of the molecule is COC(=O)C(CC1(C)COC1)c1cccs1. The van der Waals surface area contributed by atoms with Gasteiger partial charge in [-0.3, -0.25) is 4.79 Å². The summed E-state index contributed by atoms with van der Waals surface area (Å²) in [5.74, 6) is -0.283. The predicted octanol–water partition coefficient (Wildman–Crippen LogP) is 2.43. The maximum atomic E-state index is 11.8. The van der Waals surface area contributed by atoms with E-state index in [4.69, 9.17) is 9.47 Å². The molecule has 0 radical (unpaired) electrons. The van der Waals surface area contributed by atoms with Crippen LogP contribution in [0.3, 0.4) is 0 Å². The third-order valence-corrected chi connectivity index (χ3v) is 3.96. The van der Waals surface area contributed by atoms with Crippen molar-refractivity contribution in [1.82, 2.24) is 0 Å². The smallest absolute Gasteiger partial charge is 0.313 e. The highest BCUT2D eigenvalue weighted by Gasteiger charge is 2.39. The molecule has 1 saturated heterocycles. The molecule has 0 amide bonds. The highest BCUT2D eigenvalue weighted by molar-refractivity contribution is 7.10. The standard InChI is InChI=1S/C12H16O3S/c1-12(7-15-8-12)6-9(11(13)14-2)10-4-3-5-16-10/h3-5,9H,6-8H2,1-2H3. The van der Waals surface area contributed by atoms with E-state index in [1.165, 1.54) is 7.11 Å². The molecule has 3 nitrogen and oxygen atoms in total. The lowest BCUT2D eigenvalue weighted by Crippen LogP contribution is -2.41. The first kappa shape index (κ1) is 11.6. The molecule has 0 aliphatic carbocycles. The van der Waals surface area contributed by atoms with Gasteiger partial charge in [-0.05, 0) is 17.9 Å². The first-order valence-electron chi connectivity index (χ1n) is 5.34. The Kier molecular flexibility index (Phi) is 3.30. The zero-order chi connectivity index (χ0) is 11.6. The highest BCUT2D eigenvalue weighted by atomic mass is 32.1. The summed E-state index contributed by atoms with van der Waals surface area (Å²) in [5, 5.41) is 1.99. The van der Waals surface area contributed by atoms with Crippen LogP contribution < -0.4 is 0 Å². The Morgan fingerprint density at radius 1 is 1.69 bits per heavy atom. The zero-order valence-electron chi connectivity index (χ0n) is 9.56. The first-order chi connectivity index (χ1) is 7.64. The summed E-state index contributed by atoms with van der Waals surface area (Å²) in [6.45, 7) is 3.64. The van der Waals surface area contributed by atoms with Crippen LogP contribution in [-0.4, -0.2) is 26.3 Å². The summed E-state index contributed by atoms with van der Waals surface area (Å²) in [7, 11) is 1.45. The molecule has 16 heavy (non-hydrogen) atoms. The maximum Gasteiger partial charge on any atom is 0.313 e. The molecule has 2 heterocycles. The average molecular weight is 240 g/mol. The Morgan fingerprint density at radius 2 is 2.44 bits per heavy atom. The molecule has 1 unspecified atom stereocenters. The lowest BCUT2D eigenvalue weighted by molar-refractivity contribution is -0.148. The summed E-state index contributed by atoms with van der Waals surface area (Å²) in [5.41, 5.74) is 0.128. The van der Waals surface area contributed by atoms with E-state index in [0.717, 1.165) is 24.5 Å². The Hall–Kier alpha value is -0.870. The number of hydrogen-bond donors (Lipinski definition) is 0. The Balaban J connectivity index is 2.12. The van der Waals surface area contributed by atoms with E-state index in [0.29, 0.717) is 0 Å². The normalized spacial score (nSPS) is 19.9. The molecule has 2 rings (SSSR count). The summed E-state index contributed by atoms with van der Waals surface area (Å²) in [6, 6.07) is 3.96. The van der Waals surface area contributed by atoms with Crippen LogP contribution in [0.25, 0.3) is 0 Å². The van der Waals surface area contributed by atoms with Crippen molar-refractivity contribution < 1.29 is 14.3 Å². The van der Waals surface area contributed by atoms with Crippen molar-refractivity contribution in [3.63, 3.8) is 0 Å². The minimum absolute atomic E-state index is 0.128. The van der Waals surface area contributed by atoms with E-state index in [2.05, 4.69) is 6.92 Å². The van der Waals surface area contributed by atoms with E-state index in [9.17, 15) is 4.79 Å². The minimum Gasteiger partial charge on any atom is -0.469 e. The Morgan fingerprint density at radius 3 is 2.88 bits per heavy atom. The second-order valence-corrected chi connectivity index (χ2v) is 5.58. The number of carbonyl (C=O) groups excluding carboxylic acids is 1. The molecular formula is C12H16O3S. The number of carbonyl (C=O) groups is 1. The van der Waals surface area contributed by atoms with Gasteiger partial charge >= 0.3 is 5.97 Å². The summed E-state index contributed by atoms with van der Waals surface area (Å²) in [6.07, 6.45) is 0.806. The van der Waals surface area contributed by atoms with Crippen molar-refractivity contribution in [2.45, 2.75) is 19.3 Å². The van der Waals surface area contributed by atoms with Crippen LogP contribution in [0.5, 0.6) is 0 Å². The van der Waals surface area contributed by atoms with E-state index in [1.807, 2.05) is 17.5 Å². The average Bonchev–Trinajstić information content (AvgIpc) is 2.75. The largest absolute Gasteiger partial charge is 0.469 e. The van der Waals surface area contributed by atoms with Gasteiger partial charge in [-0.15, -0.1) is 11.3 Å². The fourth-order valence-electron chi connectivity index (χ4n) is 1.99. The molecule has 0 N–H and O–H groups in total. The number of ether oxygens (including phenoxy) is 2. The van der Waals surface area contributed by atoms with Crippen LogP contribution >= 0.6 is 11.3 Å². The van der Waals surface area contributed by atoms with Gasteiger partial charge in [0.1, 0.15) is 0 Å². The number of hydrogen-bond acceptors (Lipinski definition) is 4. The minimum atomic E-state index is -0.143. The number of thiophene rings is 1. The molecule has 88 valence electrons. The van der Waals surface area contributed by atoms with Gasteiger partial charge in [-0.1, -0.05) is 13.0 Å². The van der Waals surface area contributed by atoms with Gasteiger partial charge in [0.15, 0.2) is 0 Å². The lowest BCUT2D eigenvalue weighted by Gasteiger charge is -2.39. The van der Waals surface area contributed by atoms with E-state index in [-0.39, 0.29) is 17.3 Å². The molecule has 0 bridgehead atoms. The topological polar surface area (TPSA) is 35.5 Å². The van der Waals surface area contributed by atoms with Gasteiger partial charge in [-0.25, -0.2) is 0 Å². The molecule has 1 atom stereocenters. The summed E-state index contributed by atoms with van der Waals surface area (Å²) < 4.78 is 10.1. The zero-order valence-corrected chi connectivity index (χ0v) is 10.4. The number of esters is 1. The van der Waals surface area contributed by atoms with Crippen molar-refractivity contribution in [2.24, 2.45) is 5.41 Å². The van der Waals surface area contributed by atoms with Crippen LogP contribution in [-0.2, 0) is 14.3 Å². The van der Waals surface area contributed by atoms with Gasteiger partial charge in [0.05, 0.1) is 26.2 Å². The maximum absolute atomic E-state index is 11.8. The van der Waals surface area contributed by atoms with Crippen molar-refractivity contribution in [3.8, 4) is 0 Å². The first-order valence-corrected chi connectivity index (χ1v) is 6.21. The molecule has 4 heteroatoms. The fourth-order valence-corrected chi connectivity index (χ4v) is 2.81. The van der Waals surface area contributed by atoms with Gasteiger partial charge < -0.3 is 9.47 Å². The number of rotatable bonds is 4.